The smallest absolute Gasteiger partial charge is 0.298 e. The molecule has 0 aliphatic carbocycles. The average molecular weight is 378 g/mol. The van der Waals surface area contributed by atoms with Crippen molar-refractivity contribution in [2.45, 2.75) is 45.6 Å². The molecular weight excluding hydrogens is 350 g/mol. The summed E-state index contributed by atoms with van der Waals surface area (Å²) in [5.41, 5.74) is 0.807. The number of hydrogen-bond donors (Lipinski definition) is 2. The number of halogens is 2. The fraction of sp³-hybridized carbons (Fsp3) is 0.632. The van der Waals surface area contributed by atoms with Crippen molar-refractivity contribution < 1.29 is 8.78 Å². The third-order valence-corrected chi connectivity index (χ3v) is 4.95. The molecule has 0 aromatic carbocycles. The van der Waals surface area contributed by atoms with Crippen LogP contribution in [-0.2, 0) is 0 Å². The minimum absolute atomic E-state index is 0.0149. The summed E-state index contributed by atoms with van der Waals surface area (Å²) in [6, 6.07) is 2.16. The molecule has 0 amide bonds. The van der Waals surface area contributed by atoms with E-state index in [9.17, 15) is 8.78 Å². The van der Waals surface area contributed by atoms with Crippen LogP contribution in [0.3, 0.4) is 0 Å². The van der Waals surface area contributed by atoms with Gasteiger partial charge in [0.25, 0.3) is 5.92 Å². The molecule has 0 atom stereocenters. The number of aliphatic imine (C=N–C) groups is 1. The first kappa shape index (κ1) is 19.7. The van der Waals surface area contributed by atoms with Gasteiger partial charge in [-0.15, -0.1) is 0 Å². The number of hydrogen-bond acceptors (Lipinski definition) is 5. The van der Waals surface area contributed by atoms with E-state index < -0.39 is 5.92 Å². The van der Waals surface area contributed by atoms with E-state index in [0.29, 0.717) is 19.6 Å². The van der Waals surface area contributed by atoms with Crippen molar-refractivity contribution in [2.24, 2.45) is 10.9 Å². The number of anilines is 1. The summed E-state index contributed by atoms with van der Waals surface area (Å²) in [6.45, 7) is 6.75. The van der Waals surface area contributed by atoms with Crippen molar-refractivity contribution >= 4 is 22.6 Å². The molecule has 6 nitrogen and oxygen atoms in total. The maximum absolute atomic E-state index is 14.7. The van der Waals surface area contributed by atoms with E-state index in [1.165, 1.54) is 6.33 Å². The predicted molar refractivity (Wildman–Crippen MR) is 105 cm³/mol. The van der Waals surface area contributed by atoms with Gasteiger partial charge >= 0.3 is 0 Å². The SMILES string of the molecule is CCN=C(C(C)C)C(F)(F)CN1CCC(Nc2ncnc3[nH]ccc23)CC1. The van der Waals surface area contributed by atoms with Crippen LogP contribution in [0.15, 0.2) is 23.6 Å². The van der Waals surface area contributed by atoms with Crippen molar-refractivity contribution in [3.05, 3.63) is 18.6 Å². The quantitative estimate of drug-likeness (QED) is 0.723. The number of fused-ring (bicyclic) bond motifs is 1. The van der Waals surface area contributed by atoms with Crippen molar-refractivity contribution in [3.63, 3.8) is 0 Å². The minimum Gasteiger partial charge on any atom is -0.367 e. The monoisotopic (exact) mass is 378 g/mol. The van der Waals surface area contributed by atoms with Crippen LogP contribution < -0.4 is 5.32 Å². The van der Waals surface area contributed by atoms with Gasteiger partial charge in [0.05, 0.1) is 17.6 Å². The maximum atomic E-state index is 14.7. The number of nitrogens with zero attached hydrogens (tertiary/aromatic N) is 4. The second-order valence-corrected chi connectivity index (χ2v) is 7.38. The van der Waals surface area contributed by atoms with Crippen LogP contribution in [0, 0.1) is 5.92 Å². The molecule has 0 bridgehead atoms. The molecule has 2 aromatic rings. The van der Waals surface area contributed by atoms with Crippen molar-refractivity contribution in [2.75, 3.05) is 31.5 Å². The normalized spacial score (nSPS) is 17.8. The Morgan fingerprint density at radius 3 is 2.78 bits per heavy atom. The Morgan fingerprint density at radius 1 is 1.37 bits per heavy atom. The summed E-state index contributed by atoms with van der Waals surface area (Å²) in [4.78, 5) is 17.5. The topological polar surface area (TPSA) is 69.2 Å². The standard InChI is InChI=1S/C19H28F2N6/c1-4-22-16(13(2)3)19(20,21)11-27-9-6-14(7-10-27)26-18-15-5-8-23-17(15)24-12-25-18/h5,8,12-14H,4,6-7,9-11H2,1-3H3,(H2,23,24,25,26). The molecule has 1 aliphatic rings. The van der Waals surface area contributed by atoms with Crippen LogP contribution in [0.25, 0.3) is 11.0 Å². The second kappa shape index (κ2) is 8.29. The molecule has 0 spiro atoms. The van der Waals surface area contributed by atoms with E-state index >= 15 is 0 Å². The Bertz CT molecular complexity index is 777. The molecule has 0 radical (unpaired) electrons. The first-order valence-electron chi connectivity index (χ1n) is 9.60. The van der Waals surface area contributed by atoms with E-state index in [1.807, 2.05) is 17.2 Å². The number of alkyl halides is 2. The van der Waals surface area contributed by atoms with E-state index in [2.05, 4.69) is 25.3 Å². The molecule has 3 heterocycles. The number of rotatable bonds is 7. The van der Waals surface area contributed by atoms with Crippen molar-refractivity contribution in [3.8, 4) is 0 Å². The molecule has 148 valence electrons. The maximum Gasteiger partial charge on any atom is 0.298 e. The Hall–Kier alpha value is -2.09. The van der Waals surface area contributed by atoms with Gasteiger partial charge in [-0.05, 0) is 31.7 Å². The number of aromatic amines is 1. The van der Waals surface area contributed by atoms with Gasteiger partial charge in [-0.25, -0.2) is 9.97 Å². The zero-order chi connectivity index (χ0) is 19.4. The summed E-state index contributed by atoms with van der Waals surface area (Å²) in [5.74, 6) is -2.34. The highest BCUT2D eigenvalue weighted by Crippen LogP contribution is 2.26. The highest BCUT2D eigenvalue weighted by molar-refractivity contribution is 5.93. The molecule has 1 aliphatic heterocycles. The molecule has 1 fully saturated rings. The molecule has 0 unspecified atom stereocenters. The fourth-order valence-electron chi connectivity index (χ4n) is 3.67. The highest BCUT2D eigenvalue weighted by Gasteiger charge is 2.39. The lowest BCUT2D eigenvalue weighted by atomic mass is 9.99. The molecule has 8 heteroatoms. The number of aromatic nitrogens is 3. The summed E-state index contributed by atoms with van der Waals surface area (Å²) in [7, 11) is 0. The van der Waals surface area contributed by atoms with Gasteiger partial charge in [-0.3, -0.25) is 9.89 Å². The number of likely N-dealkylation sites (tertiary alicyclic amines) is 1. The third kappa shape index (κ3) is 4.61. The Labute approximate surface area is 158 Å². The number of H-pyrrole nitrogens is 1. The predicted octanol–water partition coefficient (Wildman–Crippen LogP) is 3.59. The largest absolute Gasteiger partial charge is 0.367 e. The lowest BCUT2D eigenvalue weighted by Crippen LogP contribution is -2.48. The van der Waals surface area contributed by atoms with Gasteiger partial charge in [-0.2, -0.15) is 8.78 Å². The summed E-state index contributed by atoms with van der Waals surface area (Å²) < 4.78 is 29.4. The molecule has 2 N–H and O–H groups in total. The minimum atomic E-state index is -2.88. The zero-order valence-electron chi connectivity index (χ0n) is 16.2. The molecule has 1 saturated heterocycles. The van der Waals surface area contributed by atoms with E-state index in [1.54, 1.807) is 20.8 Å². The van der Waals surface area contributed by atoms with Crippen LogP contribution in [-0.4, -0.2) is 63.7 Å². The molecule has 0 saturated carbocycles. The number of nitrogens with one attached hydrogen (secondary N) is 2. The molecular formula is C19H28F2N6. The summed E-state index contributed by atoms with van der Waals surface area (Å²) >= 11 is 0. The van der Waals surface area contributed by atoms with Crippen molar-refractivity contribution in [1.29, 1.82) is 0 Å². The van der Waals surface area contributed by atoms with Crippen molar-refractivity contribution in [1.82, 2.24) is 19.9 Å². The van der Waals surface area contributed by atoms with Crippen LogP contribution >= 0.6 is 0 Å². The van der Waals surface area contributed by atoms with Crippen LogP contribution in [0.4, 0.5) is 14.6 Å². The van der Waals surface area contributed by atoms with Crippen LogP contribution in [0.5, 0.6) is 0 Å². The first-order valence-corrected chi connectivity index (χ1v) is 9.60. The Balaban J connectivity index is 1.57. The molecule has 2 aromatic heterocycles. The Morgan fingerprint density at radius 2 is 2.11 bits per heavy atom. The van der Waals surface area contributed by atoms with Crippen LogP contribution in [0.2, 0.25) is 0 Å². The lowest BCUT2D eigenvalue weighted by Gasteiger charge is -2.35. The first-order chi connectivity index (χ1) is 12.9. The summed E-state index contributed by atoms with van der Waals surface area (Å²) in [6.07, 6.45) is 4.96. The highest BCUT2D eigenvalue weighted by atomic mass is 19.3. The number of piperidine rings is 1. The lowest BCUT2D eigenvalue weighted by molar-refractivity contribution is 0.0215. The fourth-order valence-corrected chi connectivity index (χ4v) is 3.67. The van der Waals surface area contributed by atoms with Gasteiger partial charge in [-0.1, -0.05) is 13.8 Å². The van der Waals surface area contributed by atoms with Gasteiger partial charge in [0.1, 0.15) is 17.8 Å². The van der Waals surface area contributed by atoms with Gasteiger partial charge < -0.3 is 10.3 Å². The Kier molecular flexibility index (Phi) is 6.04. The molecule has 3 rings (SSSR count). The summed E-state index contributed by atoms with van der Waals surface area (Å²) in [5, 5.41) is 4.39. The van der Waals surface area contributed by atoms with E-state index in [-0.39, 0.29) is 24.2 Å². The average Bonchev–Trinajstić information content (AvgIpc) is 3.10. The molecule has 27 heavy (non-hydrogen) atoms. The van der Waals surface area contributed by atoms with Gasteiger partial charge in [0.15, 0.2) is 0 Å². The van der Waals surface area contributed by atoms with E-state index in [4.69, 9.17) is 0 Å². The van der Waals surface area contributed by atoms with E-state index in [0.717, 1.165) is 29.7 Å². The second-order valence-electron chi connectivity index (χ2n) is 7.38. The van der Waals surface area contributed by atoms with Gasteiger partial charge in [0.2, 0.25) is 0 Å². The zero-order valence-corrected chi connectivity index (χ0v) is 16.2. The third-order valence-electron chi connectivity index (χ3n) is 4.95. The van der Waals surface area contributed by atoms with Crippen LogP contribution in [0.1, 0.15) is 33.6 Å². The van der Waals surface area contributed by atoms with Gasteiger partial charge in [0, 0.05) is 31.9 Å².